The number of hydrogen-bond donors (Lipinski definition) is 3. The molecule has 1 aromatic carbocycles. The van der Waals surface area contributed by atoms with Crippen LogP contribution in [0.15, 0.2) is 24.3 Å². The van der Waals surface area contributed by atoms with Crippen molar-refractivity contribution in [2.24, 2.45) is 0 Å². The highest BCUT2D eigenvalue weighted by Gasteiger charge is 2.08. The van der Waals surface area contributed by atoms with Gasteiger partial charge in [-0.25, -0.2) is 4.39 Å². The lowest BCUT2D eigenvalue weighted by Gasteiger charge is -2.07. The molecule has 0 saturated carbocycles. The molecular formula is C16H21FN2O4. The summed E-state index contributed by atoms with van der Waals surface area (Å²) in [5.41, 5.74) is 0.163. The summed E-state index contributed by atoms with van der Waals surface area (Å²) in [6.45, 7) is 0.302. The third-order valence-electron chi connectivity index (χ3n) is 3.14. The van der Waals surface area contributed by atoms with E-state index in [9.17, 15) is 18.8 Å². The number of unbranched alkanes of at least 4 members (excludes halogenated alkanes) is 3. The second kappa shape index (κ2) is 10.3. The molecule has 2 amide bonds. The maximum Gasteiger partial charge on any atom is 0.303 e. The molecule has 0 aliphatic carbocycles. The summed E-state index contributed by atoms with van der Waals surface area (Å²) in [5, 5.41) is 13.6. The van der Waals surface area contributed by atoms with Crippen LogP contribution >= 0.6 is 0 Å². The van der Waals surface area contributed by atoms with E-state index in [1.54, 1.807) is 0 Å². The molecule has 1 rings (SSSR count). The van der Waals surface area contributed by atoms with E-state index in [-0.39, 0.29) is 24.4 Å². The minimum Gasteiger partial charge on any atom is -0.481 e. The van der Waals surface area contributed by atoms with Gasteiger partial charge in [-0.15, -0.1) is 0 Å². The van der Waals surface area contributed by atoms with Gasteiger partial charge in [-0.05, 0) is 31.0 Å². The summed E-state index contributed by atoms with van der Waals surface area (Å²) >= 11 is 0. The molecule has 23 heavy (non-hydrogen) atoms. The SMILES string of the molecule is O=C(O)CCCCCCNC(=O)CNC(=O)c1cccc(F)c1. The Morgan fingerprint density at radius 3 is 2.48 bits per heavy atom. The number of rotatable bonds is 10. The zero-order chi connectivity index (χ0) is 17.1. The largest absolute Gasteiger partial charge is 0.481 e. The van der Waals surface area contributed by atoms with Gasteiger partial charge in [0, 0.05) is 18.5 Å². The third-order valence-corrected chi connectivity index (χ3v) is 3.14. The normalized spacial score (nSPS) is 10.1. The van der Waals surface area contributed by atoms with E-state index in [4.69, 9.17) is 5.11 Å². The molecule has 0 aliphatic rings. The highest BCUT2D eigenvalue weighted by molar-refractivity contribution is 5.96. The van der Waals surface area contributed by atoms with E-state index in [0.29, 0.717) is 13.0 Å². The molecule has 0 heterocycles. The predicted molar refractivity (Wildman–Crippen MR) is 82.5 cm³/mol. The molecule has 6 nitrogen and oxygen atoms in total. The van der Waals surface area contributed by atoms with Crippen molar-refractivity contribution in [3.05, 3.63) is 35.6 Å². The predicted octanol–water partition coefficient (Wildman–Crippen LogP) is 1.71. The van der Waals surface area contributed by atoms with Crippen LogP contribution in [0, 0.1) is 5.82 Å². The van der Waals surface area contributed by atoms with Gasteiger partial charge in [0.2, 0.25) is 5.91 Å². The van der Waals surface area contributed by atoms with Crippen molar-refractivity contribution in [3.63, 3.8) is 0 Å². The van der Waals surface area contributed by atoms with Crippen molar-refractivity contribution in [3.8, 4) is 0 Å². The number of carbonyl (C=O) groups is 3. The molecule has 0 spiro atoms. The Morgan fingerprint density at radius 2 is 1.78 bits per heavy atom. The number of hydrogen-bond acceptors (Lipinski definition) is 3. The summed E-state index contributed by atoms with van der Waals surface area (Å²) in [7, 11) is 0. The summed E-state index contributed by atoms with van der Waals surface area (Å²) in [6.07, 6.45) is 3.19. The van der Waals surface area contributed by atoms with Gasteiger partial charge < -0.3 is 15.7 Å². The number of nitrogens with one attached hydrogen (secondary N) is 2. The van der Waals surface area contributed by atoms with Gasteiger partial charge in [-0.1, -0.05) is 18.9 Å². The van der Waals surface area contributed by atoms with Gasteiger partial charge in [0.15, 0.2) is 0 Å². The van der Waals surface area contributed by atoms with Gasteiger partial charge in [-0.2, -0.15) is 0 Å². The highest BCUT2D eigenvalue weighted by Crippen LogP contribution is 2.03. The first kappa shape index (κ1) is 18.6. The molecule has 0 saturated heterocycles. The molecule has 0 atom stereocenters. The van der Waals surface area contributed by atoms with E-state index in [1.807, 2.05) is 0 Å². The van der Waals surface area contributed by atoms with E-state index < -0.39 is 17.7 Å². The average Bonchev–Trinajstić information content (AvgIpc) is 2.51. The molecule has 0 bridgehead atoms. The van der Waals surface area contributed by atoms with Gasteiger partial charge >= 0.3 is 5.97 Å². The third kappa shape index (κ3) is 8.55. The molecule has 0 aromatic heterocycles. The van der Waals surface area contributed by atoms with Crippen LogP contribution in [0.4, 0.5) is 4.39 Å². The Hall–Kier alpha value is -2.44. The minimum atomic E-state index is -0.799. The van der Waals surface area contributed by atoms with Gasteiger partial charge in [0.1, 0.15) is 5.82 Å². The molecule has 126 valence electrons. The Kier molecular flexibility index (Phi) is 8.34. The lowest BCUT2D eigenvalue weighted by molar-refractivity contribution is -0.137. The van der Waals surface area contributed by atoms with Crippen molar-refractivity contribution < 1.29 is 23.9 Å². The van der Waals surface area contributed by atoms with E-state index >= 15 is 0 Å². The standard InChI is InChI=1S/C16H21FN2O4/c17-13-7-5-6-12(10-13)16(23)19-11-14(20)18-9-4-2-1-3-8-15(21)22/h5-7,10H,1-4,8-9,11H2,(H,18,20)(H,19,23)(H,21,22). The minimum absolute atomic E-state index is 0.163. The van der Waals surface area contributed by atoms with Crippen LogP contribution in [0.3, 0.4) is 0 Å². The Morgan fingerprint density at radius 1 is 1.04 bits per heavy atom. The Labute approximate surface area is 134 Å². The van der Waals surface area contributed by atoms with E-state index in [1.165, 1.54) is 18.2 Å². The molecule has 3 N–H and O–H groups in total. The van der Waals surface area contributed by atoms with Crippen LogP contribution in [0.2, 0.25) is 0 Å². The number of aliphatic carboxylic acids is 1. The number of carboxylic acids is 1. The first-order valence-corrected chi connectivity index (χ1v) is 7.51. The van der Waals surface area contributed by atoms with Crippen molar-refractivity contribution in [2.45, 2.75) is 32.1 Å². The molecular weight excluding hydrogens is 303 g/mol. The van der Waals surface area contributed by atoms with E-state index in [2.05, 4.69) is 10.6 Å². The van der Waals surface area contributed by atoms with E-state index in [0.717, 1.165) is 25.3 Å². The fourth-order valence-corrected chi connectivity index (χ4v) is 1.94. The Bertz CT molecular complexity index is 549. The molecule has 0 fully saturated rings. The molecule has 7 heteroatoms. The summed E-state index contributed by atoms with van der Waals surface area (Å²) in [6, 6.07) is 5.23. The number of amides is 2. The van der Waals surface area contributed by atoms with Crippen molar-refractivity contribution in [1.82, 2.24) is 10.6 Å². The topological polar surface area (TPSA) is 95.5 Å². The smallest absolute Gasteiger partial charge is 0.303 e. The lowest BCUT2D eigenvalue weighted by Crippen LogP contribution is -2.37. The van der Waals surface area contributed by atoms with Crippen LogP contribution in [0.25, 0.3) is 0 Å². The molecule has 1 aromatic rings. The van der Waals surface area contributed by atoms with Gasteiger partial charge in [0.25, 0.3) is 5.91 Å². The van der Waals surface area contributed by atoms with Crippen molar-refractivity contribution >= 4 is 17.8 Å². The summed E-state index contributed by atoms with van der Waals surface area (Å²) < 4.78 is 13.0. The fourth-order valence-electron chi connectivity index (χ4n) is 1.94. The molecule has 0 aliphatic heterocycles. The second-order valence-electron chi connectivity index (χ2n) is 5.10. The maximum absolute atomic E-state index is 13.0. The van der Waals surface area contributed by atoms with Crippen LogP contribution in [-0.2, 0) is 9.59 Å². The Balaban J connectivity index is 2.10. The number of halogens is 1. The van der Waals surface area contributed by atoms with Crippen molar-refractivity contribution in [1.29, 1.82) is 0 Å². The van der Waals surface area contributed by atoms with Crippen LogP contribution < -0.4 is 10.6 Å². The van der Waals surface area contributed by atoms with Gasteiger partial charge in [-0.3, -0.25) is 14.4 Å². The highest BCUT2D eigenvalue weighted by atomic mass is 19.1. The van der Waals surface area contributed by atoms with Gasteiger partial charge in [0.05, 0.1) is 6.54 Å². The summed E-state index contributed by atoms with van der Waals surface area (Å²) in [4.78, 5) is 33.6. The first-order chi connectivity index (χ1) is 11.0. The number of carboxylic acid groups (broad SMARTS) is 1. The second-order valence-corrected chi connectivity index (χ2v) is 5.10. The lowest BCUT2D eigenvalue weighted by atomic mass is 10.1. The molecule has 0 radical (unpaired) electrons. The van der Waals surface area contributed by atoms with Crippen molar-refractivity contribution in [2.75, 3.05) is 13.1 Å². The first-order valence-electron chi connectivity index (χ1n) is 7.51. The molecule has 0 unspecified atom stereocenters. The van der Waals surface area contributed by atoms with Crippen LogP contribution in [0.1, 0.15) is 42.5 Å². The summed E-state index contributed by atoms with van der Waals surface area (Å²) in [5.74, 6) is -2.13. The average molecular weight is 324 g/mol. The van der Waals surface area contributed by atoms with Crippen LogP contribution in [0.5, 0.6) is 0 Å². The zero-order valence-corrected chi connectivity index (χ0v) is 12.8. The zero-order valence-electron chi connectivity index (χ0n) is 12.8. The monoisotopic (exact) mass is 324 g/mol. The maximum atomic E-state index is 13.0. The van der Waals surface area contributed by atoms with Crippen LogP contribution in [-0.4, -0.2) is 36.0 Å². The fraction of sp³-hybridized carbons (Fsp3) is 0.438. The quantitative estimate of drug-likeness (QED) is 0.571. The number of carbonyl (C=O) groups excluding carboxylic acids is 2. The number of benzene rings is 1.